The van der Waals surface area contributed by atoms with Crippen molar-refractivity contribution in [2.45, 2.75) is 49.5 Å². The molecule has 2 aromatic carbocycles. The van der Waals surface area contributed by atoms with Crippen LogP contribution in [0.4, 0.5) is 0 Å². The highest BCUT2D eigenvalue weighted by Crippen LogP contribution is 2.30. The summed E-state index contributed by atoms with van der Waals surface area (Å²) in [5.74, 6) is 0.418. The summed E-state index contributed by atoms with van der Waals surface area (Å²) in [5.41, 5.74) is 0.821. The topological polar surface area (TPSA) is 37.4 Å². The maximum atomic E-state index is 13.1. The number of nitrogens with zero attached hydrogens (tertiary/aromatic N) is 1. The zero-order valence-electron chi connectivity index (χ0n) is 15.4. The maximum absolute atomic E-state index is 13.1. The number of hydrogen-bond donors (Lipinski definition) is 0. The van der Waals surface area contributed by atoms with Gasteiger partial charge in [-0.15, -0.1) is 0 Å². The molecule has 26 heavy (non-hydrogen) atoms. The summed E-state index contributed by atoms with van der Waals surface area (Å²) in [7, 11) is -0.981. The highest BCUT2D eigenvalue weighted by atomic mass is 32.2. The number of carbonyl (C=O) groups excluding carboxylic acids is 1. The third-order valence-electron chi connectivity index (χ3n) is 6.09. The molecule has 1 saturated heterocycles. The normalized spacial score (nSPS) is 23.3. The van der Waals surface area contributed by atoms with Crippen molar-refractivity contribution in [1.29, 1.82) is 0 Å². The molecule has 0 bridgehead atoms. The lowest BCUT2D eigenvalue weighted by Gasteiger charge is -2.36. The average molecular weight is 370 g/mol. The van der Waals surface area contributed by atoms with Crippen molar-refractivity contribution in [2.24, 2.45) is 5.92 Å². The highest BCUT2D eigenvalue weighted by Gasteiger charge is 2.31. The molecule has 1 aliphatic carbocycles. The number of likely N-dealkylation sites (tertiary alicyclic amines) is 1. The Bertz CT molecular complexity index is 841. The lowest BCUT2D eigenvalue weighted by molar-refractivity contribution is 0.0757. The van der Waals surface area contributed by atoms with Crippen LogP contribution in [0.2, 0.25) is 0 Å². The van der Waals surface area contributed by atoms with Crippen molar-refractivity contribution in [3.63, 3.8) is 0 Å². The Morgan fingerprint density at radius 3 is 2.50 bits per heavy atom. The molecule has 1 heterocycles. The number of carbonyl (C=O) groups is 1. The van der Waals surface area contributed by atoms with Crippen LogP contribution >= 0.6 is 0 Å². The predicted molar refractivity (Wildman–Crippen MR) is 107 cm³/mol. The van der Waals surface area contributed by atoms with Crippen molar-refractivity contribution in [3.05, 3.63) is 42.0 Å². The molecule has 0 N–H and O–H groups in total. The number of piperidine rings is 1. The van der Waals surface area contributed by atoms with E-state index in [1.807, 2.05) is 36.4 Å². The Morgan fingerprint density at radius 1 is 1.00 bits per heavy atom. The molecule has 0 spiro atoms. The van der Waals surface area contributed by atoms with E-state index in [-0.39, 0.29) is 11.7 Å². The predicted octanol–water partition coefficient (Wildman–Crippen LogP) is 4.41. The summed E-state index contributed by atoms with van der Waals surface area (Å²) in [6.07, 6.45) is 9.12. The molecule has 2 atom stereocenters. The van der Waals surface area contributed by atoms with E-state index in [1.54, 1.807) is 6.26 Å². The van der Waals surface area contributed by atoms with Crippen LogP contribution in [0.3, 0.4) is 0 Å². The fourth-order valence-corrected chi connectivity index (χ4v) is 5.17. The van der Waals surface area contributed by atoms with Crippen LogP contribution < -0.4 is 0 Å². The number of hydrogen-bond acceptors (Lipinski definition) is 3. The second kappa shape index (κ2) is 7.61. The van der Waals surface area contributed by atoms with Crippen LogP contribution in [0.25, 0.3) is 10.8 Å². The van der Waals surface area contributed by atoms with Gasteiger partial charge < -0.3 is 0 Å². The van der Waals surface area contributed by atoms with Gasteiger partial charge in [0.15, 0.2) is 5.78 Å². The summed E-state index contributed by atoms with van der Waals surface area (Å²) in [4.78, 5) is 16.5. The van der Waals surface area contributed by atoms with E-state index in [2.05, 4.69) is 4.90 Å². The third-order valence-corrected chi connectivity index (χ3v) is 7.01. The highest BCUT2D eigenvalue weighted by molar-refractivity contribution is 7.84. The Kier molecular flexibility index (Phi) is 5.23. The molecule has 0 amide bonds. The first kappa shape index (κ1) is 17.9. The van der Waals surface area contributed by atoms with Gasteiger partial charge in [0.05, 0.1) is 0 Å². The average Bonchev–Trinajstić information content (AvgIpc) is 3.21. The number of rotatable bonds is 4. The number of fused-ring (bicyclic) bond motifs is 1. The Hall–Kier alpha value is -1.52. The van der Waals surface area contributed by atoms with Gasteiger partial charge in [0.25, 0.3) is 0 Å². The number of ketones is 1. The molecule has 2 aromatic rings. The van der Waals surface area contributed by atoms with Crippen LogP contribution in [0.5, 0.6) is 0 Å². The minimum absolute atomic E-state index is 0.129. The lowest BCUT2D eigenvalue weighted by atomic mass is 9.88. The molecule has 1 saturated carbocycles. The van der Waals surface area contributed by atoms with Gasteiger partial charge in [-0.05, 0) is 61.2 Å². The van der Waals surface area contributed by atoms with Crippen molar-refractivity contribution < 1.29 is 9.00 Å². The minimum atomic E-state index is -0.981. The van der Waals surface area contributed by atoms with Gasteiger partial charge in [-0.2, -0.15) is 0 Å². The molecule has 2 aliphatic rings. The van der Waals surface area contributed by atoms with Crippen molar-refractivity contribution in [2.75, 3.05) is 19.3 Å². The van der Waals surface area contributed by atoms with E-state index in [1.165, 1.54) is 25.7 Å². The van der Waals surface area contributed by atoms with E-state index < -0.39 is 10.8 Å². The molecule has 0 radical (unpaired) electrons. The molecule has 1 aliphatic heterocycles. The summed E-state index contributed by atoms with van der Waals surface area (Å²) < 4.78 is 11.7. The first-order valence-corrected chi connectivity index (χ1v) is 11.3. The lowest BCUT2D eigenvalue weighted by Crippen LogP contribution is -2.43. The molecular formula is C22H27NO2S. The van der Waals surface area contributed by atoms with E-state index in [4.69, 9.17) is 0 Å². The third kappa shape index (κ3) is 3.63. The number of Topliss-reactive ketones (excluding diaryl/α,β-unsaturated/α-hetero) is 1. The Morgan fingerprint density at radius 2 is 1.73 bits per heavy atom. The van der Waals surface area contributed by atoms with Gasteiger partial charge in [-0.1, -0.05) is 31.0 Å². The fraction of sp³-hybridized carbons (Fsp3) is 0.500. The van der Waals surface area contributed by atoms with Gasteiger partial charge in [0.1, 0.15) is 0 Å². The van der Waals surface area contributed by atoms with Crippen LogP contribution in [0, 0.1) is 5.92 Å². The van der Waals surface area contributed by atoms with E-state index >= 15 is 0 Å². The van der Waals surface area contributed by atoms with Crippen LogP contribution in [-0.4, -0.2) is 40.3 Å². The second-order valence-electron chi connectivity index (χ2n) is 7.81. The maximum Gasteiger partial charge on any atom is 0.167 e. The molecule has 0 aromatic heterocycles. The van der Waals surface area contributed by atoms with Crippen LogP contribution in [0.15, 0.2) is 41.3 Å². The quantitative estimate of drug-likeness (QED) is 0.749. The molecule has 4 rings (SSSR count). The Labute approximate surface area is 158 Å². The smallest absolute Gasteiger partial charge is 0.167 e. The standard InChI is InChI=1S/C22H27NO2S/c1-26(25)21-11-10-16-13-18(9-8-17(16)14-21)22(24)19-5-4-12-23(15-19)20-6-2-3-7-20/h8-11,13-14,19-20H,2-7,12,15H2,1H3. The first-order chi connectivity index (χ1) is 12.6. The largest absolute Gasteiger partial charge is 0.300 e. The van der Waals surface area contributed by atoms with Crippen LogP contribution in [0.1, 0.15) is 48.9 Å². The molecule has 138 valence electrons. The summed E-state index contributed by atoms with van der Waals surface area (Å²) in [5, 5.41) is 2.10. The summed E-state index contributed by atoms with van der Waals surface area (Å²) in [6, 6.07) is 12.5. The molecule has 4 heteroatoms. The molecule has 2 fully saturated rings. The van der Waals surface area contributed by atoms with Gasteiger partial charge in [0, 0.05) is 46.0 Å². The SMILES string of the molecule is CS(=O)c1ccc2cc(C(=O)C3CCCN(C4CCCC4)C3)ccc2c1. The van der Waals surface area contributed by atoms with E-state index in [0.29, 0.717) is 6.04 Å². The van der Waals surface area contributed by atoms with E-state index in [0.717, 1.165) is 47.2 Å². The van der Waals surface area contributed by atoms with Gasteiger partial charge >= 0.3 is 0 Å². The molecule has 2 unspecified atom stereocenters. The molecular weight excluding hydrogens is 342 g/mol. The van der Waals surface area contributed by atoms with Crippen molar-refractivity contribution in [1.82, 2.24) is 4.90 Å². The van der Waals surface area contributed by atoms with E-state index in [9.17, 15) is 9.00 Å². The zero-order chi connectivity index (χ0) is 18.1. The fourth-order valence-electron chi connectivity index (χ4n) is 4.61. The van der Waals surface area contributed by atoms with Gasteiger partial charge in [-0.3, -0.25) is 13.9 Å². The second-order valence-corrected chi connectivity index (χ2v) is 9.19. The van der Waals surface area contributed by atoms with Crippen molar-refractivity contribution >= 4 is 27.4 Å². The first-order valence-electron chi connectivity index (χ1n) is 9.77. The monoisotopic (exact) mass is 369 g/mol. The minimum Gasteiger partial charge on any atom is -0.300 e. The Balaban J connectivity index is 1.53. The summed E-state index contributed by atoms with van der Waals surface area (Å²) >= 11 is 0. The zero-order valence-corrected chi connectivity index (χ0v) is 16.3. The summed E-state index contributed by atoms with van der Waals surface area (Å²) in [6.45, 7) is 2.08. The van der Waals surface area contributed by atoms with Gasteiger partial charge in [0.2, 0.25) is 0 Å². The van der Waals surface area contributed by atoms with Crippen LogP contribution in [-0.2, 0) is 10.8 Å². The molecule has 3 nitrogen and oxygen atoms in total. The number of benzene rings is 2. The van der Waals surface area contributed by atoms with Crippen molar-refractivity contribution in [3.8, 4) is 0 Å². The van der Waals surface area contributed by atoms with Gasteiger partial charge in [-0.25, -0.2) is 0 Å².